The quantitative estimate of drug-likeness (QED) is 0.554. The van der Waals surface area contributed by atoms with Crippen LogP contribution in [0.15, 0.2) is 0 Å². The van der Waals surface area contributed by atoms with Crippen LogP contribution >= 0.6 is 0 Å². The summed E-state index contributed by atoms with van der Waals surface area (Å²) < 4.78 is 0. The van der Waals surface area contributed by atoms with E-state index >= 15 is 0 Å². The van der Waals surface area contributed by atoms with Crippen LogP contribution in [0.25, 0.3) is 0 Å². The zero-order valence-electron chi connectivity index (χ0n) is 13.5. The Morgan fingerprint density at radius 3 is 1.56 bits per heavy atom. The lowest BCUT2D eigenvalue weighted by molar-refractivity contribution is -0.0980. The highest BCUT2D eigenvalue weighted by atomic mass is 14.6. The van der Waals surface area contributed by atoms with Crippen LogP contribution in [-0.4, -0.2) is 0 Å². The summed E-state index contributed by atoms with van der Waals surface area (Å²) in [5.74, 6) is 5.45. The van der Waals surface area contributed by atoms with Crippen molar-refractivity contribution in [2.45, 2.75) is 73.6 Å². The van der Waals surface area contributed by atoms with Crippen molar-refractivity contribution in [3.8, 4) is 0 Å². The lowest BCUT2D eigenvalue weighted by atomic mass is 9.47. The van der Waals surface area contributed by atoms with E-state index in [4.69, 9.17) is 0 Å². The van der Waals surface area contributed by atoms with Crippen molar-refractivity contribution in [2.24, 2.45) is 40.9 Å². The summed E-state index contributed by atoms with van der Waals surface area (Å²) in [5, 5.41) is 0. The van der Waals surface area contributed by atoms with Gasteiger partial charge < -0.3 is 0 Å². The van der Waals surface area contributed by atoms with E-state index in [9.17, 15) is 0 Å². The van der Waals surface area contributed by atoms with Gasteiger partial charge in [0.25, 0.3) is 0 Å². The second-order valence-electron chi connectivity index (χ2n) is 7.86. The van der Waals surface area contributed by atoms with Gasteiger partial charge in [-0.1, -0.05) is 60.8 Å². The van der Waals surface area contributed by atoms with Crippen molar-refractivity contribution in [2.75, 3.05) is 0 Å². The molecule has 2 fully saturated rings. The predicted octanol–water partition coefficient (Wildman–Crippen LogP) is 5.77. The number of rotatable bonds is 1. The van der Waals surface area contributed by atoms with Crippen molar-refractivity contribution >= 4 is 0 Å². The number of hydrogen-bond acceptors (Lipinski definition) is 0. The second-order valence-corrected chi connectivity index (χ2v) is 7.86. The first-order valence-electron chi connectivity index (χ1n) is 8.40. The minimum atomic E-state index is 0.589. The Morgan fingerprint density at radius 1 is 0.667 bits per heavy atom. The van der Waals surface area contributed by atoms with Crippen molar-refractivity contribution in [3.05, 3.63) is 0 Å². The average molecular weight is 250 g/mol. The standard InChI is InChI=1S/C18H34/c1-12-13(2)15(4)18(6,16(5)14(12)3)17-10-8-7-9-11-17/h12-17H,7-11H2,1-6H3. The molecule has 0 heteroatoms. The van der Waals surface area contributed by atoms with E-state index in [2.05, 4.69) is 41.5 Å². The van der Waals surface area contributed by atoms with Crippen LogP contribution in [-0.2, 0) is 0 Å². The van der Waals surface area contributed by atoms with Gasteiger partial charge in [-0.15, -0.1) is 0 Å². The van der Waals surface area contributed by atoms with E-state index < -0.39 is 0 Å². The molecule has 0 aliphatic heterocycles. The van der Waals surface area contributed by atoms with Gasteiger partial charge in [-0.05, 0) is 53.8 Å². The highest BCUT2D eigenvalue weighted by molar-refractivity contribution is 5.00. The average Bonchev–Trinajstić information content (AvgIpc) is 2.42. The number of hydrogen-bond donors (Lipinski definition) is 0. The van der Waals surface area contributed by atoms with E-state index in [0.717, 1.165) is 35.5 Å². The van der Waals surface area contributed by atoms with Crippen molar-refractivity contribution in [1.82, 2.24) is 0 Å². The van der Waals surface area contributed by atoms with Crippen LogP contribution in [0.2, 0.25) is 0 Å². The van der Waals surface area contributed by atoms with Gasteiger partial charge in [0, 0.05) is 0 Å². The van der Waals surface area contributed by atoms with Crippen LogP contribution in [0.3, 0.4) is 0 Å². The smallest absolute Gasteiger partial charge is 0.0241 e. The van der Waals surface area contributed by atoms with Crippen LogP contribution < -0.4 is 0 Å². The topological polar surface area (TPSA) is 0 Å². The molecule has 0 amide bonds. The molecule has 0 spiro atoms. The molecule has 0 bridgehead atoms. The molecule has 18 heavy (non-hydrogen) atoms. The van der Waals surface area contributed by atoms with Crippen LogP contribution in [0.5, 0.6) is 0 Å². The fourth-order valence-corrected chi connectivity index (χ4v) is 5.41. The molecule has 4 unspecified atom stereocenters. The largest absolute Gasteiger partial charge is 0.0620 e. The molecular formula is C18H34. The Bertz CT molecular complexity index is 252. The van der Waals surface area contributed by atoms with Crippen LogP contribution in [0, 0.1) is 40.9 Å². The van der Waals surface area contributed by atoms with Gasteiger partial charge in [-0.25, -0.2) is 0 Å². The van der Waals surface area contributed by atoms with E-state index in [1.165, 1.54) is 32.1 Å². The van der Waals surface area contributed by atoms with Gasteiger partial charge in [0.15, 0.2) is 0 Å². The lowest BCUT2D eigenvalue weighted by Crippen LogP contribution is -2.52. The molecule has 2 aliphatic carbocycles. The maximum Gasteiger partial charge on any atom is -0.0241 e. The molecule has 106 valence electrons. The molecule has 0 aromatic rings. The minimum Gasteiger partial charge on any atom is -0.0620 e. The highest BCUT2D eigenvalue weighted by Gasteiger charge is 2.52. The van der Waals surface area contributed by atoms with E-state index in [-0.39, 0.29) is 0 Å². The fourth-order valence-electron chi connectivity index (χ4n) is 5.41. The van der Waals surface area contributed by atoms with Crippen molar-refractivity contribution < 1.29 is 0 Å². The Hall–Kier alpha value is 0. The first kappa shape index (κ1) is 14.4. The zero-order chi connectivity index (χ0) is 13.5. The van der Waals surface area contributed by atoms with Crippen LogP contribution in [0.4, 0.5) is 0 Å². The Balaban J connectivity index is 2.27. The summed E-state index contributed by atoms with van der Waals surface area (Å²) in [6.07, 6.45) is 7.45. The maximum absolute atomic E-state index is 2.64. The van der Waals surface area contributed by atoms with Gasteiger partial charge in [-0.3, -0.25) is 0 Å². The van der Waals surface area contributed by atoms with Gasteiger partial charge in [0.2, 0.25) is 0 Å². The van der Waals surface area contributed by atoms with E-state index in [1.807, 2.05) is 0 Å². The third-order valence-corrected chi connectivity index (χ3v) is 7.68. The summed E-state index contributed by atoms with van der Waals surface area (Å²) in [6, 6.07) is 0. The Morgan fingerprint density at radius 2 is 1.11 bits per heavy atom. The molecule has 4 atom stereocenters. The van der Waals surface area contributed by atoms with E-state index in [0.29, 0.717) is 5.41 Å². The molecule has 0 radical (unpaired) electrons. The van der Waals surface area contributed by atoms with Gasteiger partial charge in [0.05, 0.1) is 0 Å². The van der Waals surface area contributed by atoms with Crippen molar-refractivity contribution in [3.63, 3.8) is 0 Å². The van der Waals surface area contributed by atoms with E-state index in [1.54, 1.807) is 0 Å². The van der Waals surface area contributed by atoms with Crippen molar-refractivity contribution in [1.29, 1.82) is 0 Å². The molecule has 2 rings (SSSR count). The Kier molecular flexibility index (Phi) is 4.14. The van der Waals surface area contributed by atoms with Gasteiger partial charge in [-0.2, -0.15) is 0 Å². The zero-order valence-corrected chi connectivity index (χ0v) is 13.5. The summed E-state index contributed by atoms with van der Waals surface area (Å²) >= 11 is 0. The predicted molar refractivity (Wildman–Crippen MR) is 80.5 cm³/mol. The summed E-state index contributed by atoms with van der Waals surface area (Å²) in [7, 11) is 0. The molecule has 0 heterocycles. The van der Waals surface area contributed by atoms with Gasteiger partial charge >= 0.3 is 0 Å². The molecular weight excluding hydrogens is 216 g/mol. The first-order valence-corrected chi connectivity index (χ1v) is 8.40. The summed E-state index contributed by atoms with van der Waals surface area (Å²) in [4.78, 5) is 0. The molecule has 2 aliphatic rings. The SMILES string of the molecule is CC1C(C)C(C)C(C)(C2CCCCC2)C(C)C1C. The normalized spacial score (nSPS) is 51.3. The molecule has 0 N–H and O–H groups in total. The molecule has 0 aromatic heterocycles. The summed E-state index contributed by atoms with van der Waals surface area (Å²) in [6.45, 7) is 15.3. The molecule has 2 saturated carbocycles. The minimum absolute atomic E-state index is 0.589. The Labute approximate surface area is 115 Å². The third kappa shape index (κ3) is 2.04. The first-order chi connectivity index (χ1) is 8.40. The molecule has 0 saturated heterocycles. The second kappa shape index (κ2) is 5.17. The lowest BCUT2D eigenvalue weighted by Gasteiger charge is -2.58. The van der Waals surface area contributed by atoms with Crippen LogP contribution in [0.1, 0.15) is 73.6 Å². The third-order valence-electron chi connectivity index (χ3n) is 7.68. The fraction of sp³-hybridized carbons (Fsp3) is 1.00. The molecule has 0 nitrogen and oxygen atoms in total. The summed E-state index contributed by atoms with van der Waals surface area (Å²) in [5.41, 5.74) is 0.589. The molecule has 0 aromatic carbocycles. The van der Waals surface area contributed by atoms with Gasteiger partial charge in [0.1, 0.15) is 0 Å². The highest BCUT2D eigenvalue weighted by Crippen LogP contribution is 2.58. The monoisotopic (exact) mass is 250 g/mol. The maximum atomic E-state index is 2.64.